The van der Waals surface area contributed by atoms with Gasteiger partial charge in [-0.05, 0) is 51.0 Å². The van der Waals surface area contributed by atoms with E-state index < -0.39 is 53.8 Å². The number of hydrogen-bond donors (Lipinski definition) is 1. The van der Waals surface area contributed by atoms with Crippen LogP contribution >= 0.6 is 0 Å². The summed E-state index contributed by atoms with van der Waals surface area (Å²) in [6.07, 6.45) is -1.28. The summed E-state index contributed by atoms with van der Waals surface area (Å²) in [4.78, 5) is 24.5. The zero-order valence-corrected chi connectivity index (χ0v) is 21.5. The van der Waals surface area contributed by atoms with E-state index in [1.54, 1.807) is 46.8 Å². The molecule has 0 saturated heterocycles. The molecule has 0 spiro atoms. The minimum Gasteiger partial charge on any atom is -0.444 e. The third-order valence-electron chi connectivity index (χ3n) is 5.31. The molecule has 0 aliphatic rings. The van der Waals surface area contributed by atoms with E-state index in [1.807, 2.05) is 0 Å². The molecule has 2 rings (SSSR count). The highest BCUT2D eigenvalue weighted by atomic mass is 32.3. The topological polar surface area (TPSA) is 124 Å². The molecule has 0 aliphatic heterocycles. The Morgan fingerprint density at radius 2 is 1.29 bits per heavy atom. The highest BCUT2D eigenvalue weighted by Crippen LogP contribution is 2.34. The van der Waals surface area contributed by atoms with Crippen molar-refractivity contribution in [3.63, 3.8) is 0 Å². The first kappa shape index (κ1) is 27.5. The van der Waals surface area contributed by atoms with E-state index in [0.29, 0.717) is 6.29 Å². The van der Waals surface area contributed by atoms with E-state index in [2.05, 4.69) is 5.32 Å². The number of carbonyl (C=O) groups excluding carboxylic acids is 2. The minimum absolute atomic E-state index is 0.208. The van der Waals surface area contributed by atoms with Gasteiger partial charge in [-0.25, -0.2) is 21.6 Å². The molecule has 8 nitrogen and oxygen atoms in total. The Morgan fingerprint density at radius 1 is 0.882 bits per heavy atom. The van der Waals surface area contributed by atoms with Crippen LogP contribution in [0.25, 0.3) is 0 Å². The summed E-state index contributed by atoms with van der Waals surface area (Å²) in [6, 6.07) is 14.3. The maximum absolute atomic E-state index is 13.6. The van der Waals surface area contributed by atoms with Crippen LogP contribution in [0.5, 0.6) is 0 Å². The highest BCUT2D eigenvalue weighted by Gasteiger charge is 2.48. The van der Waals surface area contributed by atoms with Crippen molar-refractivity contribution >= 4 is 32.1 Å². The van der Waals surface area contributed by atoms with Crippen molar-refractivity contribution in [2.24, 2.45) is 5.92 Å². The van der Waals surface area contributed by atoms with Crippen molar-refractivity contribution < 1.29 is 31.2 Å². The lowest BCUT2D eigenvalue weighted by atomic mass is 9.85. The van der Waals surface area contributed by atoms with Crippen LogP contribution in [0, 0.1) is 5.92 Å². The fourth-order valence-electron chi connectivity index (χ4n) is 3.32. The molecule has 10 heteroatoms. The Balaban J connectivity index is 2.68. The van der Waals surface area contributed by atoms with Gasteiger partial charge in [-0.3, -0.25) is 0 Å². The number of ether oxygens (including phenoxy) is 1. The SMILES string of the molecule is CC(C)[C@](C=O)(CC(S(=O)(=O)c1ccccc1)S(=O)(=O)c1ccccc1)NC(=O)OC(C)(C)C. The summed E-state index contributed by atoms with van der Waals surface area (Å²) >= 11 is 0. The molecule has 186 valence electrons. The van der Waals surface area contributed by atoms with E-state index in [0.717, 1.165) is 0 Å². The van der Waals surface area contributed by atoms with Crippen LogP contribution in [0.1, 0.15) is 41.0 Å². The van der Waals surface area contributed by atoms with Gasteiger partial charge in [-0.15, -0.1) is 0 Å². The van der Waals surface area contributed by atoms with Crippen molar-refractivity contribution in [2.75, 3.05) is 0 Å². The van der Waals surface area contributed by atoms with Crippen LogP contribution in [-0.4, -0.2) is 44.9 Å². The number of benzene rings is 2. The van der Waals surface area contributed by atoms with Gasteiger partial charge in [0.05, 0.1) is 9.79 Å². The van der Waals surface area contributed by atoms with Gasteiger partial charge in [0.15, 0.2) is 24.3 Å². The molecule has 0 aromatic heterocycles. The molecule has 0 heterocycles. The van der Waals surface area contributed by atoms with Gasteiger partial charge in [0.1, 0.15) is 17.4 Å². The fourth-order valence-corrected chi connectivity index (χ4v) is 8.00. The summed E-state index contributed by atoms with van der Waals surface area (Å²) in [7, 11) is -8.99. The number of amides is 1. The lowest BCUT2D eigenvalue weighted by Crippen LogP contribution is -2.58. The Labute approximate surface area is 201 Å². The third-order valence-corrected chi connectivity index (χ3v) is 10.4. The maximum atomic E-state index is 13.6. The monoisotopic (exact) mass is 509 g/mol. The van der Waals surface area contributed by atoms with Crippen molar-refractivity contribution in [3.8, 4) is 0 Å². The molecule has 1 N–H and O–H groups in total. The lowest BCUT2D eigenvalue weighted by Gasteiger charge is -2.36. The molecule has 1 atom stereocenters. The number of sulfone groups is 2. The van der Waals surface area contributed by atoms with Crippen LogP contribution < -0.4 is 5.32 Å². The highest BCUT2D eigenvalue weighted by molar-refractivity contribution is 8.09. The van der Waals surface area contributed by atoms with Crippen LogP contribution in [0.15, 0.2) is 70.5 Å². The Hall–Kier alpha value is -2.72. The second-order valence-corrected chi connectivity index (χ2v) is 13.8. The number of alkyl carbamates (subject to hydrolysis) is 1. The molecule has 0 fully saturated rings. The molecular weight excluding hydrogens is 478 g/mol. The lowest BCUT2D eigenvalue weighted by molar-refractivity contribution is -0.115. The average Bonchev–Trinajstić information content (AvgIpc) is 2.76. The number of hydrogen-bond acceptors (Lipinski definition) is 7. The summed E-state index contributed by atoms with van der Waals surface area (Å²) in [5.41, 5.74) is -2.72. The summed E-state index contributed by atoms with van der Waals surface area (Å²) in [5, 5.41) is 2.46. The molecule has 2 aromatic rings. The second-order valence-electron chi connectivity index (χ2n) is 9.29. The maximum Gasteiger partial charge on any atom is 0.408 e. The van der Waals surface area contributed by atoms with Gasteiger partial charge < -0.3 is 14.8 Å². The number of nitrogens with one attached hydrogen (secondary N) is 1. The third kappa shape index (κ3) is 6.24. The molecule has 0 unspecified atom stereocenters. The van der Waals surface area contributed by atoms with Gasteiger partial charge in [0.2, 0.25) is 0 Å². The number of aldehydes is 1. The smallest absolute Gasteiger partial charge is 0.408 e. The zero-order chi connectivity index (χ0) is 25.8. The van der Waals surface area contributed by atoms with Gasteiger partial charge in [0.25, 0.3) is 0 Å². The first-order valence-electron chi connectivity index (χ1n) is 10.7. The van der Waals surface area contributed by atoms with E-state index in [1.165, 1.54) is 48.5 Å². The minimum atomic E-state index is -4.49. The Kier molecular flexibility index (Phi) is 8.31. The van der Waals surface area contributed by atoms with Crippen LogP contribution in [0.3, 0.4) is 0 Å². The quantitative estimate of drug-likeness (QED) is 0.510. The summed E-state index contributed by atoms with van der Waals surface area (Å²) in [5.74, 6) is -0.656. The summed E-state index contributed by atoms with van der Waals surface area (Å²) in [6.45, 7) is 8.08. The first-order chi connectivity index (χ1) is 15.7. The molecule has 0 bridgehead atoms. The molecule has 0 radical (unpaired) electrons. The molecule has 0 aliphatic carbocycles. The van der Waals surface area contributed by atoms with Crippen molar-refractivity contribution in [1.29, 1.82) is 0 Å². The molecule has 1 amide bonds. The van der Waals surface area contributed by atoms with Gasteiger partial charge >= 0.3 is 6.09 Å². The van der Waals surface area contributed by atoms with E-state index in [4.69, 9.17) is 4.74 Å². The molecule has 34 heavy (non-hydrogen) atoms. The zero-order valence-electron chi connectivity index (χ0n) is 19.9. The predicted octanol–water partition coefficient (Wildman–Crippen LogP) is 3.77. The van der Waals surface area contributed by atoms with E-state index in [-0.39, 0.29) is 9.79 Å². The van der Waals surface area contributed by atoms with Crippen molar-refractivity contribution in [1.82, 2.24) is 5.32 Å². The average molecular weight is 510 g/mol. The largest absolute Gasteiger partial charge is 0.444 e. The summed E-state index contributed by atoms with van der Waals surface area (Å²) < 4.78 is 57.8. The van der Waals surface area contributed by atoms with Crippen molar-refractivity contribution in [3.05, 3.63) is 60.7 Å². The standard InChI is InChI=1S/C24H31NO7S2/c1-18(2)24(17-26,25-22(27)32-23(3,4)5)16-21(33(28,29)19-12-8-6-9-13-19)34(30,31)20-14-10-7-11-15-20/h6-15,17-18,21H,16H2,1-5H3,(H,25,27)/t24-/m1/s1. The van der Waals surface area contributed by atoms with Crippen LogP contribution in [0.2, 0.25) is 0 Å². The number of carbonyl (C=O) groups is 2. The van der Waals surface area contributed by atoms with Crippen LogP contribution in [-0.2, 0) is 29.2 Å². The Morgan fingerprint density at radius 3 is 1.62 bits per heavy atom. The normalized spacial score (nSPS) is 14.4. The van der Waals surface area contributed by atoms with Gasteiger partial charge in [0, 0.05) is 6.42 Å². The Bertz CT molecular complexity index is 1130. The van der Waals surface area contributed by atoms with Gasteiger partial charge in [-0.1, -0.05) is 50.2 Å². The van der Waals surface area contributed by atoms with E-state index in [9.17, 15) is 26.4 Å². The molecule has 2 aromatic carbocycles. The fraction of sp³-hybridized carbons (Fsp3) is 0.417. The van der Waals surface area contributed by atoms with Crippen LogP contribution in [0.4, 0.5) is 4.79 Å². The van der Waals surface area contributed by atoms with Crippen molar-refractivity contribution in [2.45, 2.75) is 66.6 Å². The second kappa shape index (κ2) is 10.3. The van der Waals surface area contributed by atoms with E-state index >= 15 is 0 Å². The predicted molar refractivity (Wildman–Crippen MR) is 129 cm³/mol. The molecular formula is C24H31NO7S2. The molecule has 0 saturated carbocycles. The number of rotatable bonds is 9. The van der Waals surface area contributed by atoms with Gasteiger partial charge in [-0.2, -0.15) is 0 Å². The first-order valence-corrected chi connectivity index (χ1v) is 13.8.